The van der Waals surface area contributed by atoms with E-state index in [9.17, 15) is 14.4 Å². The number of amides is 3. The van der Waals surface area contributed by atoms with E-state index in [4.69, 9.17) is 23.2 Å². The van der Waals surface area contributed by atoms with Gasteiger partial charge in [0.2, 0.25) is 5.91 Å². The van der Waals surface area contributed by atoms with Gasteiger partial charge in [0.1, 0.15) is 0 Å². The highest BCUT2D eigenvalue weighted by Gasteiger charge is 2.23. The van der Waals surface area contributed by atoms with Gasteiger partial charge in [-0.25, -0.2) is 0 Å². The Morgan fingerprint density at radius 2 is 1.67 bits per heavy atom. The third kappa shape index (κ3) is 5.45. The molecule has 0 atom stereocenters. The van der Waals surface area contributed by atoms with Gasteiger partial charge in [0, 0.05) is 22.9 Å². The van der Waals surface area contributed by atoms with Crippen molar-refractivity contribution in [1.82, 2.24) is 10.6 Å². The highest BCUT2D eigenvalue weighted by molar-refractivity contribution is 6.42. The molecule has 0 unspecified atom stereocenters. The van der Waals surface area contributed by atoms with Gasteiger partial charge in [-0.15, -0.1) is 0 Å². The molecule has 0 aromatic heterocycles. The summed E-state index contributed by atoms with van der Waals surface area (Å²) in [5, 5.41) is 8.65. The number of carbonyl (C=O) groups excluding carboxylic acids is 3. The first-order valence-electron chi connectivity index (χ1n) is 8.36. The average molecular weight is 406 g/mol. The molecule has 1 aliphatic rings. The van der Waals surface area contributed by atoms with E-state index in [-0.39, 0.29) is 23.5 Å². The first kappa shape index (κ1) is 19.2. The van der Waals surface area contributed by atoms with Crippen LogP contribution in [-0.2, 0) is 4.79 Å². The zero-order valence-corrected chi connectivity index (χ0v) is 15.7. The van der Waals surface area contributed by atoms with Crippen molar-refractivity contribution in [2.24, 2.45) is 0 Å². The second-order valence-electron chi connectivity index (χ2n) is 6.19. The molecule has 1 saturated carbocycles. The molecule has 0 saturated heterocycles. The maximum Gasteiger partial charge on any atom is 0.251 e. The van der Waals surface area contributed by atoms with Crippen molar-refractivity contribution in [3.05, 3.63) is 63.6 Å². The van der Waals surface area contributed by atoms with Crippen LogP contribution in [0.4, 0.5) is 5.69 Å². The van der Waals surface area contributed by atoms with Gasteiger partial charge in [0.05, 0.1) is 16.6 Å². The zero-order valence-electron chi connectivity index (χ0n) is 14.2. The van der Waals surface area contributed by atoms with Crippen molar-refractivity contribution in [1.29, 1.82) is 0 Å². The van der Waals surface area contributed by atoms with Gasteiger partial charge in [-0.05, 0) is 49.2 Å². The molecule has 1 fully saturated rings. The van der Waals surface area contributed by atoms with Crippen molar-refractivity contribution < 1.29 is 14.4 Å². The summed E-state index contributed by atoms with van der Waals surface area (Å²) < 4.78 is 0. The maximum absolute atomic E-state index is 12.1. The van der Waals surface area contributed by atoms with Gasteiger partial charge in [-0.2, -0.15) is 0 Å². The fourth-order valence-electron chi connectivity index (χ4n) is 2.34. The lowest BCUT2D eigenvalue weighted by atomic mass is 10.2. The Hall–Kier alpha value is -2.57. The van der Waals surface area contributed by atoms with Gasteiger partial charge in [-0.3, -0.25) is 14.4 Å². The Kier molecular flexibility index (Phi) is 5.98. The van der Waals surface area contributed by atoms with Gasteiger partial charge in [0.25, 0.3) is 11.8 Å². The average Bonchev–Trinajstić information content (AvgIpc) is 3.46. The molecule has 0 aliphatic heterocycles. The lowest BCUT2D eigenvalue weighted by Crippen LogP contribution is -2.33. The van der Waals surface area contributed by atoms with Crippen molar-refractivity contribution in [2.75, 3.05) is 11.9 Å². The third-order valence-corrected chi connectivity index (χ3v) is 4.65. The van der Waals surface area contributed by atoms with Gasteiger partial charge in [-0.1, -0.05) is 29.3 Å². The third-order valence-electron chi connectivity index (χ3n) is 3.91. The Balaban J connectivity index is 1.53. The van der Waals surface area contributed by atoms with E-state index >= 15 is 0 Å². The summed E-state index contributed by atoms with van der Waals surface area (Å²) in [5.41, 5.74) is 1.25. The largest absolute Gasteiger partial charge is 0.349 e. The van der Waals surface area contributed by atoms with E-state index in [1.165, 1.54) is 18.2 Å². The molecule has 3 N–H and O–H groups in total. The molecule has 6 nitrogen and oxygen atoms in total. The van der Waals surface area contributed by atoms with Crippen molar-refractivity contribution >= 4 is 46.6 Å². The minimum Gasteiger partial charge on any atom is -0.349 e. The van der Waals surface area contributed by atoms with E-state index in [0.717, 1.165) is 12.8 Å². The number of benzene rings is 2. The molecule has 2 aromatic rings. The number of carbonyl (C=O) groups is 3. The van der Waals surface area contributed by atoms with Crippen molar-refractivity contribution in [3.63, 3.8) is 0 Å². The molecule has 0 heterocycles. The zero-order chi connectivity index (χ0) is 19.4. The summed E-state index contributed by atoms with van der Waals surface area (Å²) in [5.74, 6) is -1.02. The molecule has 0 bridgehead atoms. The van der Waals surface area contributed by atoms with Crippen molar-refractivity contribution in [2.45, 2.75) is 18.9 Å². The lowest BCUT2D eigenvalue weighted by molar-refractivity contribution is -0.115. The van der Waals surface area contributed by atoms with E-state index in [1.807, 2.05) is 0 Å². The molecule has 0 radical (unpaired) electrons. The number of nitrogens with one attached hydrogen (secondary N) is 3. The molecular formula is C19H17Cl2N3O3. The van der Waals surface area contributed by atoms with Crippen LogP contribution in [0.2, 0.25) is 10.0 Å². The number of hydrogen-bond acceptors (Lipinski definition) is 3. The second kappa shape index (κ2) is 8.41. The van der Waals surface area contributed by atoms with Crippen molar-refractivity contribution in [3.8, 4) is 0 Å². The highest BCUT2D eigenvalue weighted by atomic mass is 35.5. The monoisotopic (exact) mass is 405 g/mol. The maximum atomic E-state index is 12.1. The van der Waals surface area contributed by atoms with Crippen LogP contribution in [0.25, 0.3) is 0 Å². The Morgan fingerprint density at radius 1 is 0.926 bits per heavy atom. The number of rotatable bonds is 6. The minimum absolute atomic E-state index is 0.165. The van der Waals surface area contributed by atoms with E-state index in [1.54, 1.807) is 24.3 Å². The van der Waals surface area contributed by atoms with Crippen LogP contribution >= 0.6 is 23.2 Å². The van der Waals surface area contributed by atoms with E-state index in [2.05, 4.69) is 16.0 Å². The molecule has 140 valence electrons. The fourth-order valence-corrected chi connectivity index (χ4v) is 2.64. The predicted molar refractivity (Wildman–Crippen MR) is 104 cm³/mol. The summed E-state index contributed by atoms with van der Waals surface area (Å²) in [6.07, 6.45) is 2.00. The summed E-state index contributed by atoms with van der Waals surface area (Å²) in [7, 11) is 0. The molecule has 1 aliphatic carbocycles. The summed E-state index contributed by atoms with van der Waals surface area (Å²) >= 11 is 11.7. The minimum atomic E-state index is -0.443. The first-order chi connectivity index (χ1) is 12.9. The van der Waals surface area contributed by atoms with Gasteiger partial charge < -0.3 is 16.0 Å². The number of anilines is 1. The van der Waals surface area contributed by atoms with Gasteiger partial charge in [0.15, 0.2) is 0 Å². The topological polar surface area (TPSA) is 87.3 Å². The van der Waals surface area contributed by atoms with Crippen LogP contribution in [0.1, 0.15) is 33.6 Å². The Bertz CT molecular complexity index is 898. The lowest BCUT2D eigenvalue weighted by Gasteiger charge is -2.09. The molecule has 0 spiro atoms. The smallest absolute Gasteiger partial charge is 0.251 e. The van der Waals surface area contributed by atoms with Crippen LogP contribution in [0.5, 0.6) is 0 Å². The summed E-state index contributed by atoms with van der Waals surface area (Å²) in [6, 6.07) is 11.3. The van der Waals surface area contributed by atoms with E-state index < -0.39 is 11.8 Å². The summed E-state index contributed by atoms with van der Waals surface area (Å²) in [4.78, 5) is 36.2. The Morgan fingerprint density at radius 3 is 2.37 bits per heavy atom. The molecular weight excluding hydrogens is 389 g/mol. The predicted octanol–water partition coefficient (Wildman–Crippen LogP) is 3.25. The van der Waals surface area contributed by atoms with Crippen LogP contribution < -0.4 is 16.0 Å². The molecule has 27 heavy (non-hydrogen) atoms. The molecule has 8 heteroatoms. The second-order valence-corrected chi connectivity index (χ2v) is 7.00. The SMILES string of the molecule is O=C(CNC(=O)c1ccc(Cl)c(Cl)c1)Nc1cccc(C(=O)NC2CC2)c1. The molecule has 2 aromatic carbocycles. The number of halogens is 2. The van der Waals surface area contributed by atoms with Crippen LogP contribution in [0.15, 0.2) is 42.5 Å². The highest BCUT2D eigenvalue weighted by Crippen LogP contribution is 2.22. The Labute approximate surface area is 166 Å². The van der Waals surface area contributed by atoms with Gasteiger partial charge >= 0.3 is 0 Å². The first-order valence-corrected chi connectivity index (χ1v) is 9.12. The van der Waals surface area contributed by atoms with E-state index in [0.29, 0.717) is 21.8 Å². The molecule has 3 rings (SSSR count). The normalized spacial score (nSPS) is 13.0. The van der Waals surface area contributed by atoms with Crippen LogP contribution in [0, 0.1) is 0 Å². The summed E-state index contributed by atoms with van der Waals surface area (Å²) in [6.45, 7) is -0.225. The van der Waals surface area contributed by atoms with Crippen LogP contribution in [-0.4, -0.2) is 30.3 Å². The van der Waals surface area contributed by atoms with Crippen LogP contribution in [0.3, 0.4) is 0 Å². The number of hydrogen-bond donors (Lipinski definition) is 3. The standard InChI is InChI=1S/C19H17Cl2N3O3/c20-15-7-4-12(9-16(15)21)18(26)22-10-17(25)23-14-3-1-2-11(8-14)19(27)24-13-5-6-13/h1-4,7-9,13H,5-6,10H2,(H,22,26)(H,23,25)(H,24,27). The fraction of sp³-hybridized carbons (Fsp3) is 0.211. The quantitative estimate of drug-likeness (QED) is 0.688. The molecule has 3 amide bonds.